The maximum atomic E-state index is 11.8. The van der Waals surface area contributed by atoms with Crippen LogP contribution < -0.4 is 14.8 Å². The molecule has 1 amide bonds. The van der Waals surface area contributed by atoms with Crippen LogP contribution in [0.4, 0.5) is 5.69 Å². The average Bonchev–Trinajstić information content (AvgIpc) is 4.05. The summed E-state index contributed by atoms with van der Waals surface area (Å²) in [5.74, 6) is 7.73. The molecule has 0 aliphatic carbocycles. The van der Waals surface area contributed by atoms with E-state index in [1.807, 2.05) is 124 Å². The molecule has 0 saturated heterocycles. The van der Waals surface area contributed by atoms with Crippen LogP contribution in [0.25, 0.3) is 11.1 Å². The largest absolute Gasteiger partial charge is 0.497 e. The Morgan fingerprint density at radius 2 is 1.25 bits per heavy atom. The number of hydrogen-bond donors (Lipinski definition) is 1. The number of carbonyl (C=O) groups excluding carboxylic acids is 2. The fourth-order valence-electron chi connectivity index (χ4n) is 5.55. The van der Waals surface area contributed by atoms with Crippen molar-refractivity contribution in [3.05, 3.63) is 161 Å². The molecule has 0 radical (unpaired) electrons. The maximum absolute atomic E-state index is 11.8. The molecule has 2 aromatic heterocycles. The minimum Gasteiger partial charge on any atom is -0.497 e. The number of ether oxygens (including phenoxy) is 3. The predicted molar refractivity (Wildman–Crippen MR) is 307 cm³/mol. The molecule has 0 saturated carbocycles. The molecule has 0 spiro atoms. The zero-order valence-electron chi connectivity index (χ0n) is 44.4. The summed E-state index contributed by atoms with van der Waals surface area (Å²) in [6, 6.07) is 39.8. The van der Waals surface area contributed by atoms with E-state index in [4.69, 9.17) is 34.6 Å². The number of hydrogen-bond acceptors (Lipinski definition) is 8. The summed E-state index contributed by atoms with van der Waals surface area (Å²) in [7, 11) is 4.93. The number of ketones is 1. The summed E-state index contributed by atoms with van der Waals surface area (Å²) >= 11 is 7.95. The van der Waals surface area contributed by atoms with Crippen molar-refractivity contribution in [1.29, 1.82) is 0 Å². The third-order valence-corrected chi connectivity index (χ3v) is 11.4. The van der Waals surface area contributed by atoms with Crippen LogP contribution in [-0.4, -0.2) is 38.3 Å². The van der Waals surface area contributed by atoms with Crippen LogP contribution in [-0.2, 0) is 33.1 Å². The molecule has 394 valence electrons. The molecule has 0 aliphatic rings. The number of nitrogens with one attached hydrogen (secondary N) is 1. The maximum Gasteiger partial charge on any atom is 0.226 e. The van der Waals surface area contributed by atoms with Gasteiger partial charge in [-0.25, -0.2) is 0 Å². The van der Waals surface area contributed by atoms with E-state index in [9.17, 15) is 9.59 Å². The van der Waals surface area contributed by atoms with Crippen molar-refractivity contribution >= 4 is 40.7 Å². The van der Waals surface area contributed by atoms with Crippen LogP contribution in [0.5, 0.6) is 11.5 Å². The summed E-state index contributed by atoms with van der Waals surface area (Å²) in [5.41, 5.74) is 5.35. The zero-order valence-corrected chi connectivity index (χ0v) is 45.9. The number of benzene rings is 4. The Morgan fingerprint density at radius 1 is 0.662 bits per heavy atom. The lowest BCUT2D eigenvalue weighted by Crippen LogP contribution is -2.17. The first-order valence-electron chi connectivity index (χ1n) is 23.9. The second-order valence-electron chi connectivity index (χ2n) is 18.1. The normalized spacial score (nSPS) is 10.1. The van der Waals surface area contributed by atoms with E-state index in [1.165, 1.54) is 11.1 Å². The lowest BCUT2D eigenvalue weighted by atomic mass is 10.0. The van der Waals surface area contributed by atoms with Crippen LogP contribution in [0.3, 0.4) is 0 Å². The highest BCUT2D eigenvalue weighted by Crippen LogP contribution is 2.33. The van der Waals surface area contributed by atoms with Crippen molar-refractivity contribution in [1.82, 2.24) is 0 Å². The molecule has 4 aromatic carbocycles. The SMILES string of the molecule is C.C.CC(=O)C(C)C.CC(C)Cc1ccccc1Cl.CC(C)SCc1ccccc1.CC(C)c1ccco1.COCc1ccc(C(C)C)o1.COc1ccc(-c2cc(NC(=O)C(C)C)ccc2OC)cc1. The summed E-state index contributed by atoms with van der Waals surface area (Å²) < 4.78 is 26.1. The Kier molecular flexibility index (Phi) is 36.8. The monoisotopic (exact) mass is 1020 g/mol. The number of rotatable bonds is 15. The minimum absolute atomic E-state index is 0. The minimum atomic E-state index is -0.0634. The molecule has 0 aliphatic heterocycles. The fraction of sp³-hybridized carbons (Fsp3) is 0.443. The second-order valence-corrected chi connectivity index (χ2v) is 20.1. The number of furan rings is 2. The van der Waals surface area contributed by atoms with Crippen LogP contribution in [0.15, 0.2) is 136 Å². The van der Waals surface area contributed by atoms with Gasteiger partial charge in [-0.1, -0.05) is 170 Å². The Hall–Kier alpha value is -5.22. The number of amides is 1. The van der Waals surface area contributed by atoms with Gasteiger partial charge >= 0.3 is 0 Å². The molecular weight excluding hydrogens is 926 g/mol. The van der Waals surface area contributed by atoms with Gasteiger partial charge in [-0.15, -0.1) is 0 Å². The van der Waals surface area contributed by atoms with Gasteiger partial charge in [0.05, 0.1) is 20.5 Å². The van der Waals surface area contributed by atoms with Crippen LogP contribution in [0, 0.1) is 17.8 Å². The van der Waals surface area contributed by atoms with Crippen molar-refractivity contribution in [3.63, 3.8) is 0 Å². The predicted octanol–water partition coefficient (Wildman–Crippen LogP) is 18.3. The van der Waals surface area contributed by atoms with Crippen molar-refractivity contribution in [2.24, 2.45) is 17.8 Å². The lowest BCUT2D eigenvalue weighted by molar-refractivity contribution is -0.120. The van der Waals surface area contributed by atoms with Gasteiger partial charge in [0.15, 0.2) is 0 Å². The first-order chi connectivity index (χ1) is 32.7. The molecule has 10 heteroatoms. The summed E-state index contributed by atoms with van der Waals surface area (Å²) in [6.45, 7) is 27.0. The third-order valence-electron chi connectivity index (χ3n) is 9.87. The van der Waals surface area contributed by atoms with Crippen molar-refractivity contribution < 1.29 is 32.6 Å². The number of Topliss-reactive ketones (excluding diaryl/α,β-unsaturated/α-hetero) is 1. The Labute approximate surface area is 440 Å². The highest BCUT2D eigenvalue weighted by atomic mass is 35.5. The highest BCUT2D eigenvalue weighted by molar-refractivity contribution is 7.99. The van der Waals surface area contributed by atoms with E-state index in [0.717, 1.165) is 68.0 Å². The number of anilines is 1. The number of halogens is 1. The zero-order chi connectivity index (χ0) is 51.9. The van der Waals surface area contributed by atoms with E-state index < -0.39 is 0 Å². The van der Waals surface area contributed by atoms with Gasteiger partial charge in [-0.2, -0.15) is 11.8 Å². The van der Waals surface area contributed by atoms with E-state index in [-0.39, 0.29) is 38.4 Å². The smallest absolute Gasteiger partial charge is 0.226 e. The van der Waals surface area contributed by atoms with Crippen molar-refractivity contribution in [3.8, 4) is 22.6 Å². The topological polar surface area (TPSA) is 100 Å². The first kappa shape index (κ1) is 67.9. The third kappa shape index (κ3) is 29.7. The van der Waals surface area contributed by atoms with E-state index in [1.54, 1.807) is 34.5 Å². The Bertz CT molecular complexity index is 2250. The first-order valence-corrected chi connectivity index (χ1v) is 25.3. The standard InChI is InChI=1S/C18H21NO3.C10H13Cl.C10H14S.C9H14O2.C7H10O.C5H10O.2CH4/c1-12(2)18(20)19-14-7-10-17(22-4)16(11-14)13-5-8-15(21-3)9-6-13;1-8(2)7-9-5-3-4-6-10(9)11;1-9(2)11-8-10-6-4-3-5-7-10;1-7(2)9-5-4-8(11-9)6-10-3;1-6(2)7-4-3-5-8-7;1-4(2)5(3)6;;/h5-12H,1-4H3,(H,19,20);3-6,8H,7H2,1-2H3;3-7,9H,8H2,1-2H3;4-5,7H,6H2,1-3H3;3-6H,1-2H3;4H,1-3H3;2*1H4. The number of methoxy groups -OCH3 is 3. The molecule has 0 fully saturated rings. The number of thioether (sulfide) groups is 1. The van der Waals surface area contributed by atoms with E-state index >= 15 is 0 Å². The van der Waals surface area contributed by atoms with Gasteiger partial charge < -0.3 is 28.4 Å². The van der Waals surface area contributed by atoms with Crippen molar-refractivity contribution in [2.45, 2.75) is 141 Å². The van der Waals surface area contributed by atoms with Gasteiger partial charge in [0.2, 0.25) is 5.91 Å². The molecule has 1 N–H and O–H groups in total. The highest BCUT2D eigenvalue weighted by Gasteiger charge is 2.12. The molecular formula is C61H90ClNO7S. The molecule has 0 bridgehead atoms. The van der Waals surface area contributed by atoms with Gasteiger partial charge in [0.1, 0.15) is 41.2 Å². The van der Waals surface area contributed by atoms with Gasteiger partial charge in [0.25, 0.3) is 0 Å². The van der Waals surface area contributed by atoms with E-state index in [2.05, 4.69) is 97.1 Å². The second kappa shape index (κ2) is 38.5. The number of carbonyl (C=O) groups is 2. The Balaban J connectivity index is 0. The van der Waals surface area contributed by atoms with Gasteiger partial charge in [0, 0.05) is 52.8 Å². The molecule has 0 unspecified atom stereocenters. The quantitative estimate of drug-likeness (QED) is 0.109. The summed E-state index contributed by atoms with van der Waals surface area (Å²) in [4.78, 5) is 22.0. The molecule has 8 nitrogen and oxygen atoms in total. The Morgan fingerprint density at radius 3 is 1.69 bits per heavy atom. The summed E-state index contributed by atoms with van der Waals surface area (Å²) in [6.07, 6.45) is 2.77. The molecule has 71 heavy (non-hydrogen) atoms. The van der Waals surface area contributed by atoms with Crippen LogP contribution in [0.1, 0.15) is 145 Å². The average molecular weight is 1020 g/mol. The molecule has 6 rings (SSSR count). The van der Waals surface area contributed by atoms with E-state index in [0.29, 0.717) is 24.4 Å². The lowest BCUT2D eigenvalue weighted by Gasteiger charge is -2.13. The van der Waals surface area contributed by atoms with Crippen molar-refractivity contribution in [2.75, 3.05) is 26.6 Å². The van der Waals surface area contributed by atoms with Crippen LogP contribution in [0.2, 0.25) is 5.02 Å². The van der Waals surface area contributed by atoms with Gasteiger partial charge in [-0.3, -0.25) is 9.59 Å². The molecule has 2 heterocycles. The molecule has 6 aromatic rings. The van der Waals surface area contributed by atoms with Gasteiger partial charge in [-0.05, 0) is 102 Å². The summed E-state index contributed by atoms with van der Waals surface area (Å²) in [5, 5.41) is 4.53. The fourth-order valence-corrected chi connectivity index (χ4v) is 6.48. The molecule has 0 atom stereocenters. The van der Waals surface area contributed by atoms with Crippen LogP contribution >= 0.6 is 23.4 Å².